The van der Waals surface area contributed by atoms with Gasteiger partial charge in [0, 0.05) is 31.6 Å². The van der Waals surface area contributed by atoms with E-state index in [0.717, 1.165) is 10.2 Å². The first-order chi connectivity index (χ1) is 16.0. The second kappa shape index (κ2) is 8.92. The van der Waals surface area contributed by atoms with Gasteiger partial charge in [-0.2, -0.15) is 4.31 Å². The fourth-order valence-corrected chi connectivity index (χ4v) is 6.78. The lowest BCUT2D eigenvalue weighted by Crippen LogP contribution is -2.44. The van der Waals surface area contributed by atoms with Crippen molar-refractivity contribution in [1.29, 1.82) is 0 Å². The normalized spacial score (nSPS) is 17.2. The Hall–Kier alpha value is -2.69. The van der Waals surface area contributed by atoms with Crippen molar-refractivity contribution in [2.24, 2.45) is 5.92 Å². The zero-order chi connectivity index (χ0) is 23.0. The van der Waals surface area contributed by atoms with Crippen molar-refractivity contribution >= 4 is 42.6 Å². The van der Waals surface area contributed by atoms with E-state index in [4.69, 9.17) is 9.47 Å². The quantitative estimate of drug-likeness (QED) is 0.547. The second-order valence-electron chi connectivity index (χ2n) is 8.03. The number of sulfonamides is 1. The molecule has 1 aromatic heterocycles. The predicted octanol–water partition coefficient (Wildman–Crippen LogP) is 3.52. The van der Waals surface area contributed by atoms with Gasteiger partial charge in [0.25, 0.3) is 0 Å². The van der Waals surface area contributed by atoms with Gasteiger partial charge in [-0.3, -0.25) is 9.69 Å². The summed E-state index contributed by atoms with van der Waals surface area (Å²) in [6.07, 6.45) is 0.952. The van der Waals surface area contributed by atoms with E-state index in [9.17, 15) is 13.2 Å². The molecule has 2 aliphatic rings. The number of benzene rings is 2. The highest BCUT2D eigenvalue weighted by atomic mass is 32.2. The van der Waals surface area contributed by atoms with Gasteiger partial charge in [0.2, 0.25) is 15.9 Å². The molecule has 1 fully saturated rings. The molecule has 2 aromatic carbocycles. The molecule has 0 aliphatic carbocycles. The van der Waals surface area contributed by atoms with Gasteiger partial charge in [-0.25, -0.2) is 13.4 Å². The molecule has 5 rings (SSSR count). The largest absolute Gasteiger partial charge is 0.486 e. The summed E-state index contributed by atoms with van der Waals surface area (Å²) >= 11 is 1.50. The van der Waals surface area contributed by atoms with Crippen LogP contribution in [0.1, 0.15) is 19.8 Å². The smallest absolute Gasteiger partial charge is 0.243 e. The minimum absolute atomic E-state index is 0.00735. The summed E-state index contributed by atoms with van der Waals surface area (Å²) in [5, 5.41) is 0.690. The molecule has 0 radical (unpaired) electrons. The lowest BCUT2D eigenvalue weighted by Gasteiger charge is -2.32. The van der Waals surface area contributed by atoms with Crippen molar-refractivity contribution in [3.05, 3.63) is 42.5 Å². The minimum Gasteiger partial charge on any atom is -0.486 e. The minimum atomic E-state index is -3.68. The molecule has 0 bridgehead atoms. The van der Waals surface area contributed by atoms with E-state index in [-0.39, 0.29) is 16.7 Å². The van der Waals surface area contributed by atoms with Gasteiger partial charge in [-0.15, -0.1) is 0 Å². The summed E-state index contributed by atoms with van der Waals surface area (Å²) in [6.45, 7) is 3.90. The van der Waals surface area contributed by atoms with Crippen LogP contribution in [0.25, 0.3) is 10.2 Å². The number of fused-ring (bicyclic) bond motifs is 2. The third-order valence-corrected chi connectivity index (χ3v) is 9.00. The highest BCUT2D eigenvalue weighted by Gasteiger charge is 2.35. The number of para-hydroxylation sites is 1. The van der Waals surface area contributed by atoms with Crippen LogP contribution in [0.5, 0.6) is 11.5 Å². The zero-order valence-corrected chi connectivity index (χ0v) is 19.9. The lowest BCUT2D eigenvalue weighted by molar-refractivity contribution is -0.123. The standard InChI is InChI=1S/C23H25N3O5S2/c1-2-26(23-24-18-5-3-4-6-21(18)32-23)22(27)16-9-11-25(12-10-16)33(28,29)17-7-8-19-20(15-17)31-14-13-30-19/h3-8,15-16H,2,9-14H2,1H3. The molecule has 0 atom stereocenters. The highest BCUT2D eigenvalue weighted by Crippen LogP contribution is 2.35. The summed E-state index contributed by atoms with van der Waals surface area (Å²) in [7, 11) is -3.68. The van der Waals surface area contributed by atoms with E-state index < -0.39 is 10.0 Å². The number of carbonyl (C=O) groups excluding carboxylic acids is 1. The average Bonchev–Trinajstić information content (AvgIpc) is 3.28. The maximum absolute atomic E-state index is 13.3. The molecule has 0 unspecified atom stereocenters. The molecule has 2 aliphatic heterocycles. The topological polar surface area (TPSA) is 89.0 Å². The molecular weight excluding hydrogens is 462 g/mol. The molecule has 10 heteroatoms. The van der Waals surface area contributed by atoms with Crippen LogP contribution in [-0.2, 0) is 14.8 Å². The SMILES string of the molecule is CCN(C(=O)C1CCN(S(=O)(=O)c2ccc3c(c2)OCCO3)CC1)c1nc2ccccc2s1. The number of hydrogen-bond donors (Lipinski definition) is 0. The number of anilines is 1. The van der Waals surface area contributed by atoms with E-state index in [1.165, 1.54) is 21.7 Å². The Labute approximate surface area is 196 Å². The average molecular weight is 488 g/mol. The van der Waals surface area contributed by atoms with Crippen molar-refractivity contribution in [1.82, 2.24) is 9.29 Å². The fraction of sp³-hybridized carbons (Fsp3) is 0.391. The summed E-state index contributed by atoms with van der Waals surface area (Å²) in [6, 6.07) is 12.5. The number of ether oxygens (including phenoxy) is 2. The van der Waals surface area contributed by atoms with Crippen LogP contribution < -0.4 is 14.4 Å². The Kier molecular flexibility index (Phi) is 5.98. The number of amides is 1. The molecular formula is C23H25N3O5S2. The Morgan fingerprint density at radius 2 is 1.85 bits per heavy atom. The van der Waals surface area contributed by atoms with E-state index in [0.29, 0.717) is 62.3 Å². The molecule has 0 N–H and O–H groups in total. The molecule has 0 spiro atoms. The molecule has 1 saturated heterocycles. The highest BCUT2D eigenvalue weighted by molar-refractivity contribution is 7.89. The molecule has 0 saturated carbocycles. The number of rotatable bonds is 5. The molecule has 8 nitrogen and oxygen atoms in total. The molecule has 1 amide bonds. The summed E-state index contributed by atoms with van der Waals surface area (Å²) < 4.78 is 39.9. The second-order valence-corrected chi connectivity index (χ2v) is 11.0. The monoisotopic (exact) mass is 487 g/mol. The summed E-state index contributed by atoms with van der Waals surface area (Å²) in [4.78, 5) is 19.8. The van der Waals surface area contributed by atoms with Crippen molar-refractivity contribution in [2.45, 2.75) is 24.7 Å². The molecule has 33 heavy (non-hydrogen) atoms. The summed E-state index contributed by atoms with van der Waals surface area (Å²) in [5.74, 6) is 0.775. The number of nitrogens with zero attached hydrogens (tertiary/aromatic N) is 3. The fourth-order valence-electron chi connectivity index (χ4n) is 4.26. The number of hydrogen-bond acceptors (Lipinski definition) is 7. The van der Waals surface area contributed by atoms with Gasteiger partial charge in [-0.1, -0.05) is 23.5 Å². The number of piperidine rings is 1. The molecule has 3 aromatic rings. The van der Waals surface area contributed by atoms with Crippen LogP contribution in [0.4, 0.5) is 5.13 Å². The van der Waals surface area contributed by atoms with Crippen molar-refractivity contribution in [3.63, 3.8) is 0 Å². The van der Waals surface area contributed by atoms with Gasteiger partial charge >= 0.3 is 0 Å². The number of carbonyl (C=O) groups is 1. The maximum atomic E-state index is 13.3. The molecule has 174 valence electrons. The molecule has 3 heterocycles. The van der Waals surface area contributed by atoms with Crippen LogP contribution in [0, 0.1) is 5.92 Å². The van der Waals surface area contributed by atoms with Gasteiger partial charge in [-0.05, 0) is 44.0 Å². The first-order valence-corrected chi connectivity index (χ1v) is 13.3. The van der Waals surface area contributed by atoms with Crippen molar-refractivity contribution < 1.29 is 22.7 Å². The van der Waals surface area contributed by atoms with Gasteiger partial charge in [0.15, 0.2) is 16.6 Å². The Bertz CT molecular complexity index is 1250. The maximum Gasteiger partial charge on any atom is 0.243 e. The van der Waals surface area contributed by atoms with Crippen LogP contribution in [0.3, 0.4) is 0 Å². The van der Waals surface area contributed by atoms with Gasteiger partial charge in [0.05, 0.1) is 15.1 Å². The third kappa shape index (κ3) is 4.18. The van der Waals surface area contributed by atoms with Gasteiger partial charge in [0.1, 0.15) is 13.2 Å². The van der Waals surface area contributed by atoms with Crippen LogP contribution in [0.15, 0.2) is 47.4 Å². The van der Waals surface area contributed by atoms with Crippen LogP contribution >= 0.6 is 11.3 Å². The van der Waals surface area contributed by atoms with Crippen molar-refractivity contribution in [2.75, 3.05) is 37.7 Å². The Morgan fingerprint density at radius 1 is 1.12 bits per heavy atom. The Balaban J connectivity index is 1.28. The third-order valence-electron chi connectivity index (χ3n) is 6.05. The van der Waals surface area contributed by atoms with E-state index in [2.05, 4.69) is 4.98 Å². The van der Waals surface area contributed by atoms with Crippen LogP contribution in [-0.4, -0.2) is 56.5 Å². The van der Waals surface area contributed by atoms with Crippen LogP contribution in [0.2, 0.25) is 0 Å². The van der Waals surface area contributed by atoms with E-state index in [1.54, 1.807) is 17.0 Å². The predicted molar refractivity (Wildman–Crippen MR) is 127 cm³/mol. The first-order valence-electron chi connectivity index (χ1n) is 11.0. The van der Waals surface area contributed by atoms with E-state index in [1.807, 2.05) is 31.2 Å². The first kappa shape index (κ1) is 22.1. The number of thiazole rings is 1. The number of aromatic nitrogens is 1. The lowest BCUT2D eigenvalue weighted by atomic mass is 9.96. The zero-order valence-electron chi connectivity index (χ0n) is 18.3. The van der Waals surface area contributed by atoms with Crippen molar-refractivity contribution in [3.8, 4) is 11.5 Å². The van der Waals surface area contributed by atoms with E-state index >= 15 is 0 Å². The Morgan fingerprint density at radius 3 is 2.58 bits per heavy atom. The van der Waals surface area contributed by atoms with Gasteiger partial charge < -0.3 is 9.47 Å². The summed E-state index contributed by atoms with van der Waals surface area (Å²) in [5.41, 5.74) is 0.879.